The first-order chi connectivity index (χ1) is 6.15. The molecule has 72 valence electrons. The minimum absolute atomic E-state index is 0.180. The molecule has 1 unspecified atom stereocenters. The van der Waals surface area contributed by atoms with Gasteiger partial charge in [0.2, 0.25) is 0 Å². The van der Waals surface area contributed by atoms with Crippen LogP contribution in [0.3, 0.4) is 0 Å². The van der Waals surface area contributed by atoms with E-state index >= 15 is 0 Å². The highest BCUT2D eigenvalue weighted by atomic mass is 32.1. The molecule has 1 aromatic heterocycles. The van der Waals surface area contributed by atoms with Gasteiger partial charge in [-0.05, 0) is 19.4 Å². The number of carbonyl (C=O) groups is 1. The summed E-state index contributed by atoms with van der Waals surface area (Å²) in [6.45, 7) is 6.16. The molecule has 1 atom stereocenters. The highest BCUT2D eigenvalue weighted by molar-refractivity contribution is 7.10. The third-order valence-electron chi connectivity index (χ3n) is 2.18. The molecule has 0 saturated heterocycles. The molecule has 0 bridgehead atoms. The lowest BCUT2D eigenvalue weighted by atomic mass is 9.97. The minimum Gasteiger partial charge on any atom is -0.294 e. The van der Waals surface area contributed by atoms with Crippen LogP contribution in [0.2, 0.25) is 0 Å². The molecule has 2 heteroatoms. The van der Waals surface area contributed by atoms with Crippen LogP contribution < -0.4 is 0 Å². The third kappa shape index (κ3) is 2.66. The van der Waals surface area contributed by atoms with E-state index in [4.69, 9.17) is 0 Å². The summed E-state index contributed by atoms with van der Waals surface area (Å²) >= 11 is 1.65. The molecule has 13 heavy (non-hydrogen) atoms. The summed E-state index contributed by atoms with van der Waals surface area (Å²) in [5, 5.41) is 1.96. The largest absolute Gasteiger partial charge is 0.294 e. The molecule has 0 aliphatic heterocycles. The Morgan fingerprint density at radius 2 is 2.31 bits per heavy atom. The molecule has 0 aliphatic rings. The van der Waals surface area contributed by atoms with Gasteiger partial charge in [0.1, 0.15) is 0 Å². The minimum atomic E-state index is 0.180. The second-order valence-electron chi connectivity index (χ2n) is 3.50. The first kappa shape index (κ1) is 10.5. The smallest absolute Gasteiger partial charge is 0.166 e. The Morgan fingerprint density at radius 3 is 2.77 bits per heavy atom. The number of carbonyl (C=O) groups excluding carboxylic acids is 1. The maximum Gasteiger partial charge on any atom is 0.166 e. The van der Waals surface area contributed by atoms with Crippen molar-refractivity contribution in [1.82, 2.24) is 0 Å². The zero-order valence-corrected chi connectivity index (χ0v) is 9.28. The number of rotatable bonds is 4. The van der Waals surface area contributed by atoms with Gasteiger partial charge in [0.25, 0.3) is 0 Å². The summed E-state index contributed by atoms with van der Waals surface area (Å²) in [5.41, 5.74) is 0.892. The van der Waals surface area contributed by atoms with Gasteiger partial charge in [-0.2, -0.15) is 0 Å². The SMILES string of the molecule is CCCC(C)C(=O)c1csc(C)c1. The summed E-state index contributed by atoms with van der Waals surface area (Å²) in [5.74, 6) is 0.477. The molecule has 0 spiro atoms. The lowest BCUT2D eigenvalue weighted by Gasteiger charge is -2.06. The average molecular weight is 196 g/mol. The highest BCUT2D eigenvalue weighted by Crippen LogP contribution is 2.19. The summed E-state index contributed by atoms with van der Waals surface area (Å²) in [4.78, 5) is 13.0. The quantitative estimate of drug-likeness (QED) is 0.671. The molecule has 0 aliphatic carbocycles. The third-order valence-corrected chi connectivity index (χ3v) is 3.05. The Balaban J connectivity index is 2.67. The van der Waals surface area contributed by atoms with Gasteiger partial charge in [-0.15, -0.1) is 11.3 Å². The highest BCUT2D eigenvalue weighted by Gasteiger charge is 2.14. The second kappa shape index (κ2) is 4.56. The van der Waals surface area contributed by atoms with E-state index in [2.05, 4.69) is 6.92 Å². The van der Waals surface area contributed by atoms with Gasteiger partial charge in [-0.3, -0.25) is 4.79 Å². The molecule has 0 saturated carbocycles. The number of ketones is 1. The number of aryl methyl sites for hydroxylation is 1. The lowest BCUT2D eigenvalue weighted by molar-refractivity contribution is 0.0924. The van der Waals surface area contributed by atoms with Gasteiger partial charge < -0.3 is 0 Å². The number of thiophene rings is 1. The molecule has 0 radical (unpaired) electrons. The molecule has 0 aromatic carbocycles. The van der Waals surface area contributed by atoms with Crippen molar-refractivity contribution in [2.45, 2.75) is 33.6 Å². The van der Waals surface area contributed by atoms with Crippen molar-refractivity contribution >= 4 is 17.1 Å². The van der Waals surface area contributed by atoms with Crippen molar-refractivity contribution in [2.75, 3.05) is 0 Å². The van der Waals surface area contributed by atoms with E-state index < -0.39 is 0 Å². The molecule has 0 amide bonds. The number of hydrogen-bond donors (Lipinski definition) is 0. The predicted octanol–water partition coefficient (Wildman–Crippen LogP) is 3.68. The molecule has 0 fully saturated rings. The van der Waals surface area contributed by atoms with Crippen molar-refractivity contribution in [1.29, 1.82) is 0 Å². The maximum absolute atomic E-state index is 11.8. The van der Waals surface area contributed by atoms with E-state index in [1.165, 1.54) is 4.88 Å². The van der Waals surface area contributed by atoms with Crippen LogP contribution in [0.15, 0.2) is 11.4 Å². The van der Waals surface area contributed by atoms with Gasteiger partial charge in [-0.25, -0.2) is 0 Å². The average Bonchev–Trinajstić information content (AvgIpc) is 2.51. The Kier molecular flexibility index (Phi) is 3.67. The van der Waals surface area contributed by atoms with Crippen LogP contribution in [-0.2, 0) is 0 Å². The molecular formula is C11H16OS. The fraction of sp³-hybridized carbons (Fsp3) is 0.545. The van der Waals surface area contributed by atoms with Crippen LogP contribution in [-0.4, -0.2) is 5.78 Å². The van der Waals surface area contributed by atoms with Crippen LogP contribution >= 0.6 is 11.3 Å². The zero-order valence-electron chi connectivity index (χ0n) is 8.46. The van der Waals surface area contributed by atoms with Crippen molar-refractivity contribution in [2.24, 2.45) is 5.92 Å². The van der Waals surface area contributed by atoms with Crippen LogP contribution in [0.5, 0.6) is 0 Å². The van der Waals surface area contributed by atoms with Gasteiger partial charge in [0, 0.05) is 21.7 Å². The standard InChI is InChI=1S/C11H16OS/c1-4-5-8(2)11(12)10-6-9(3)13-7-10/h6-8H,4-5H2,1-3H3. The van der Waals surface area contributed by atoms with Crippen LogP contribution in [0, 0.1) is 12.8 Å². The maximum atomic E-state index is 11.8. The Bertz CT molecular complexity index is 288. The van der Waals surface area contributed by atoms with E-state index in [1.54, 1.807) is 11.3 Å². The Morgan fingerprint density at radius 1 is 1.62 bits per heavy atom. The van der Waals surface area contributed by atoms with E-state index in [-0.39, 0.29) is 5.92 Å². The predicted molar refractivity (Wildman–Crippen MR) is 57.5 cm³/mol. The lowest BCUT2D eigenvalue weighted by Crippen LogP contribution is -2.09. The van der Waals surface area contributed by atoms with E-state index in [0.717, 1.165) is 18.4 Å². The zero-order chi connectivity index (χ0) is 9.84. The van der Waals surface area contributed by atoms with Crippen molar-refractivity contribution < 1.29 is 4.79 Å². The number of Topliss-reactive ketones (excluding diaryl/α,β-unsaturated/α-hetero) is 1. The molecule has 1 nitrogen and oxygen atoms in total. The summed E-state index contributed by atoms with van der Waals surface area (Å²) in [6, 6.07) is 1.99. The van der Waals surface area contributed by atoms with Gasteiger partial charge in [0.05, 0.1) is 0 Å². The summed E-state index contributed by atoms with van der Waals surface area (Å²) in [6.07, 6.45) is 2.07. The van der Waals surface area contributed by atoms with Crippen molar-refractivity contribution in [3.05, 3.63) is 21.9 Å². The van der Waals surface area contributed by atoms with Crippen LogP contribution in [0.1, 0.15) is 41.9 Å². The molecule has 0 N–H and O–H groups in total. The topological polar surface area (TPSA) is 17.1 Å². The van der Waals surface area contributed by atoms with E-state index in [0.29, 0.717) is 5.78 Å². The number of hydrogen-bond acceptors (Lipinski definition) is 2. The second-order valence-corrected chi connectivity index (χ2v) is 4.62. The van der Waals surface area contributed by atoms with Crippen LogP contribution in [0.25, 0.3) is 0 Å². The monoisotopic (exact) mass is 196 g/mol. The van der Waals surface area contributed by atoms with E-state index in [9.17, 15) is 4.79 Å². The van der Waals surface area contributed by atoms with Gasteiger partial charge in [-0.1, -0.05) is 20.3 Å². The first-order valence-electron chi connectivity index (χ1n) is 4.74. The molecular weight excluding hydrogens is 180 g/mol. The molecule has 1 rings (SSSR count). The Hall–Kier alpha value is -0.630. The fourth-order valence-electron chi connectivity index (χ4n) is 1.42. The Labute approximate surface area is 83.8 Å². The molecule has 1 aromatic rings. The van der Waals surface area contributed by atoms with Gasteiger partial charge >= 0.3 is 0 Å². The van der Waals surface area contributed by atoms with Crippen molar-refractivity contribution in [3.8, 4) is 0 Å². The summed E-state index contributed by atoms with van der Waals surface area (Å²) < 4.78 is 0. The fourth-order valence-corrected chi connectivity index (χ4v) is 2.11. The van der Waals surface area contributed by atoms with Crippen molar-refractivity contribution in [3.63, 3.8) is 0 Å². The van der Waals surface area contributed by atoms with Crippen LogP contribution in [0.4, 0.5) is 0 Å². The first-order valence-corrected chi connectivity index (χ1v) is 5.62. The normalized spacial score (nSPS) is 12.8. The molecule has 1 heterocycles. The van der Waals surface area contributed by atoms with Gasteiger partial charge in [0.15, 0.2) is 5.78 Å². The summed E-state index contributed by atoms with van der Waals surface area (Å²) in [7, 11) is 0. The van der Waals surface area contributed by atoms with E-state index in [1.807, 2.05) is 25.3 Å².